The molecule has 1 fully saturated rings. The molecule has 0 aromatic heterocycles. The first-order valence-electron chi connectivity index (χ1n) is 10.5. The van der Waals surface area contributed by atoms with E-state index in [1.807, 2.05) is 47.4 Å². The van der Waals surface area contributed by atoms with E-state index in [4.69, 9.17) is 18.9 Å². The number of carbonyl (C=O) groups excluding carboxylic acids is 1. The van der Waals surface area contributed by atoms with Gasteiger partial charge in [-0.25, -0.2) is 0 Å². The van der Waals surface area contributed by atoms with Gasteiger partial charge in [0.1, 0.15) is 5.75 Å². The zero-order valence-corrected chi connectivity index (χ0v) is 18.9. The summed E-state index contributed by atoms with van der Waals surface area (Å²) in [5.41, 5.74) is 1.69. The second-order valence-electron chi connectivity index (χ2n) is 7.53. The highest BCUT2D eigenvalue weighted by Crippen LogP contribution is 2.43. The first-order chi connectivity index (χ1) is 15.6. The van der Waals surface area contributed by atoms with E-state index >= 15 is 0 Å². The number of carbonyl (C=O) groups is 1. The summed E-state index contributed by atoms with van der Waals surface area (Å²) in [7, 11) is 6.43. The number of rotatable bonds is 6. The number of amides is 1. The standard InChI is InChI=1S/C25H28N2O5/c1-29-21-8-6-5-7-20(21)26-11-13-27(14-12-26)25(28)17-9-10-19-18(15-17)16-22(30-2)24(32-4)23(19)31-3/h5-10,15-16H,11-14H2,1-4H3. The lowest BCUT2D eigenvalue weighted by Crippen LogP contribution is -2.48. The molecule has 4 rings (SSSR count). The predicted octanol–water partition coefficient (Wildman–Crippen LogP) is 3.84. The van der Waals surface area contributed by atoms with Crippen LogP contribution in [0.3, 0.4) is 0 Å². The minimum absolute atomic E-state index is 0.0142. The molecule has 32 heavy (non-hydrogen) atoms. The Hall–Kier alpha value is -3.61. The molecule has 7 heteroatoms. The molecule has 0 saturated carbocycles. The Balaban J connectivity index is 1.55. The van der Waals surface area contributed by atoms with Crippen molar-refractivity contribution in [2.24, 2.45) is 0 Å². The Morgan fingerprint density at radius 2 is 1.44 bits per heavy atom. The summed E-state index contributed by atoms with van der Waals surface area (Å²) >= 11 is 0. The highest BCUT2D eigenvalue weighted by molar-refractivity contribution is 6.01. The highest BCUT2D eigenvalue weighted by atomic mass is 16.5. The van der Waals surface area contributed by atoms with Gasteiger partial charge in [0.2, 0.25) is 5.75 Å². The van der Waals surface area contributed by atoms with Gasteiger partial charge in [-0.15, -0.1) is 0 Å². The normalized spacial score (nSPS) is 13.8. The molecule has 3 aromatic rings. The lowest BCUT2D eigenvalue weighted by Gasteiger charge is -2.36. The quantitative estimate of drug-likeness (QED) is 0.585. The molecular weight excluding hydrogens is 408 g/mol. The van der Waals surface area contributed by atoms with Crippen LogP contribution in [0.15, 0.2) is 48.5 Å². The van der Waals surface area contributed by atoms with Crippen LogP contribution >= 0.6 is 0 Å². The van der Waals surface area contributed by atoms with E-state index in [9.17, 15) is 4.79 Å². The number of ether oxygens (including phenoxy) is 4. The second kappa shape index (κ2) is 9.26. The van der Waals surface area contributed by atoms with Gasteiger partial charge in [-0.05, 0) is 41.8 Å². The van der Waals surface area contributed by atoms with Crippen LogP contribution in [0.5, 0.6) is 23.0 Å². The summed E-state index contributed by atoms with van der Waals surface area (Å²) in [5.74, 6) is 2.55. The lowest BCUT2D eigenvalue weighted by molar-refractivity contribution is 0.0747. The van der Waals surface area contributed by atoms with Gasteiger partial charge >= 0.3 is 0 Å². The van der Waals surface area contributed by atoms with E-state index in [2.05, 4.69) is 11.0 Å². The van der Waals surface area contributed by atoms with Crippen molar-refractivity contribution in [3.63, 3.8) is 0 Å². The van der Waals surface area contributed by atoms with Gasteiger partial charge in [-0.1, -0.05) is 12.1 Å². The highest BCUT2D eigenvalue weighted by Gasteiger charge is 2.24. The molecule has 1 amide bonds. The minimum Gasteiger partial charge on any atom is -0.495 e. The van der Waals surface area contributed by atoms with Crippen LogP contribution in [-0.4, -0.2) is 65.4 Å². The van der Waals surface area contributed by atoms with Crippen molar-refractivity contribution in [2.45, 2.75) is 0 Å². The van der Waals surface area contributed by atoms with Crippen molar-refractivity contribution in [3.8, 4) is 23.0 Å². The lowest BCUT2D eigenvalue weighted by atomic mass is 10.0. The number of piperazine rings is 1. The average Bonchev–Trinajstić information content (AvgIpc) is 2.86. The molecular formula is C25H28N2O5. The molecule has 0 atom stereocenters. The third-order valence-corrected chi connectivity index (χ3v) is 5.88. The average molecular weight is 437 g/mol. The Morgan fingerprint density at radius 1 is 0.750 bits per heavy atom. The van der Waals surface area contributed by atoms with Gasteiger partial charge in [0.05, 0.1) is 34.1 Å². The molecule has 0 N–H and O–H groups in total. The summed E-state index contributed by atoms with van der Waals surface area (Å²) in [6, 6.07) is 15.5. The van der Waals surface area contributed by atoms with Gasteiger partial charge in [0, 0.05) is 37.1 Å². The fourth-order valence-electron chi connectivity index (χ4n) is 4.23. The van der Waals surface area contributed by atoms with Gasteiger partial charge in [0.15, 0.2) is 11.5 Å². The number of benzene rings is 3. The summed E-state index contributed by atoms with van der Waals surface area (Å²) in [4.78, 5) is 17.4. The number of methoxy groups -OCH3 is 4. The molecule has 1 aliphatic rings. The van der Waals surface area contributed by atoms with Crippen molar-refractivity contribution in [1.82, 2.24) is 4.90 Å². The molecule has 0 aliphatic carbocycles. The number of para-hydroxylation sites is 2. The van der Waals surface area contributed by atoms with E-state index in [0.717, 1.165) is 35.3 Å². The molecule has 1 aliphatic heterocycles. The van der Waals surface area contributed by atoms with Crippen LogP contribution in [0.1, 0.15) is 10.4 Å². The number of nitrogens with zero attached hydrogens (tertiary/aromatic N) is 2. The third kappa shape index (κ3) is 3.86. The molecule has 1 saturated heterocycles. The van der Waals surface area contributed by atoms with Crippen LogP contribution in [0.4, 0.5) is 5.69 Å². The van der Waals surface area contributed by atoms with E-state index < -0.39 is 0 Å². The maximum absolute atomic E-state index is 13.2. The predicted molar refractivity (Wildman–Crippen MR) is 125 cm³/mol. The summed E-state index contributed by atoms with van der Waals surface area (Å²) in [6.45, 7) is 2.78. The number of hydrogen-bond acceptors (Lipinski definition) is 6. The monoisotopic (exact) mass is 436 g/mol. The molecule has 1 heterocycles. The van der Waals surface area contributed by atoms with Gasteiger partial charge in [0.25, 0.3) is 5.91 Å². The summed E-state index contributed by atoms with van der Waals surface area (Å²) < 4.78 is 22.0. The zero-order valence-electron chi connectivity index (χ0n) is 18.9. The van der Waals surface area contributed by atoms with Crippen molar-refractivity contribution in [3.05, 3.63) is 54.1 Å². The fourth-order valence-corrected chi connectivity index (χ4v) is 4.23. The molecule has 0 radical (unpaired) electrons. The maximum atomic E-state index is 13.2. The topological polar surface area (TPSA) is 60.5 Å². The summed E-state index contributed by atoms with van der Waals surface area (Å²) in [5, 5.41) is 1.72. The Kier molecular flexibility index (Phi) is 6.25. The summed E-state index contributed by atoms with van der Waals surface area (Å²) in [6.07, 6.45) is 0. The Bertz CT molecular complexity index is 1120. The van der Waals surface area contributed by atoms with Crippen molar-refractivity contribution < 1.29 is 23.7 Å². The SMILES string of the molecule is COc1ccccc1N1CCN(C(=O)c2ccc3c(OC)c(OC)c(OC)cc3c2)CC1. The smallest absolute Gasteiger partial charge is 0.253 e. The first-order valence-corrected chi connectivity index (χ1v) is 10.5. The van der Waals surface area contributed by atoms with E-state index in [1.165, 1.54) is 0 Å². The van der Waals surface area contributed by atoms with Crippen molar-refractivity contribution >= 4 is 22.4 Å². The molecule has 0 bridgehead atoms. The Morgan fingerprint density at radius 3 is 2.09 bits per heavy atom. The van der Waals surface area contributed by atoms with Crippen molar-refractivity contribution in [1.29, 1.82) is 0 Å². The van der Waals surface area contributed by atoms with Crippen LogP contribution in [0, 0.1) is 0 Å². The second-order valence-corrected chi connectivity index (χ2v) is 7.53. The van der Waals surface area contributed by atoms with Gasteiger partial charge in [-0.2, -0.15) is 0 Å². The molecule has 7 nitrogen and oxygen atoms in total. The number of fused-ring (bicyclic) bond motifs is 1. The third-order valence-electron chi connectivity index (χ3n) is 5.88. The molecule has 0 spiro atoms. The number of anilines is 1. The van der Waals surface area contributed by atoms with E-state index in [0.29, 0.717) is 35.9 Å². The zero-order chi connectivity index (χ0) is 22.7. The van der Waals surface area contributed by atoms with Crippen LogP contribution < -0.4 is 23.8 Å². The maximum Gasteiger partial charge on any atom is 0.253 e. The first kappa shape index (κ1) is 21.6. The van der Waals surface area contributed by atoms with Crippen LogP contribution in [-0.2, 0) is 0 Å². The van der Waals surface area contributed by atoms with E-state index in [-0.39, 0.29) is 5.91 Å². The van der Waals surface area contributed by atoms with E-state index in [1.54, 1.807) is 28.4 Å². The molecule has 168 valence electrons. The molecule has 0 unspecified atom stereocenters. The minimum atomic E-state index is 0.0142. The van der Waals surface area contributed by atoms with Gasteiger partial charge < -0.3 is 28.7 Å². The van der Waals surface area contributed by atoms with Gasteiger partial charge in [-0.3, -0.25) is 4.79 Å². The largest absolute Gasteiger partial charge is 0.495 e. The van der Waals surface area contributed by atoms with Crippen LogP contribution in [0.25, 0.3) is 10.8 Å². The van der Waals surface area contributed by atoms with Crippen molar-refractivity contribution in [2.75, 3.05) is 59.5 Å². The fraction of sp³-hybridized carbons (Fsp3) is 0.320. The Labute approximate surface area is 188 Å². The molecule has 3 aromatic carbocycles. The number of hydrogen-bond donors (Lipinski definition) is 0. The van der Waals surface area contributed by atoms with Crippen LogP contribution in [0.2, 0.25) is 0 Å².